The van der Waals surface area contributed by atoms with Crippen LogP contribution in [0, 0.1) is 5.41 Å². The maximum absolute atomic E-state index is 12.7. The summed E-state index contributed by atoms with van der Waals surface area (Å²) >= 11 is 0. The van der Waals surface area contributed by atoms with Gasteiger partial charge in [0.2, 0.25) is 0 Å². The lowest BCUT2D eigenvalue weighted by Crippen LogP contribution is -2.46. The van der Waals surface area contributed by atoms with E-state index in [9.17, 15) is 35.1 Å². The molecular formula is C18H31N3O8. The summed E-state index contributed by atoms with van der Waals surface area (Å²) in [5.74, 6) is 0. The SMILES string of the molecule is CC(C)(C)[C@@H](O)CNC[C@@H](O)Cn1c(=O)ccn([C@@H]2O[C@H](CO)[C@@H](O)[C@H]2O)c1=O. The van der Waals surface area contributed by atoms with Crippen molar-refractivity contribution in [2.24, 2.45) is 5.41 Å². The van der Waals surface area contributed by atoms with Gasteiger partial charge in [-0.25, -0.2) is 4.79 Å². The van der Waals surface area contributed by atoms with E-state index in [1.807, 2.05) is 20.8 Å². The van der Waals surface area contributed by atoms with Crippen LogP contribution in [-0.4, -0.2) is 84.9 Å². The normalized spacial score (nSPS) is 27.2. The largest absolute Gasteiger partial charge is 0.394 e. The second-order valence-electron chi connectivity index (χ2n) is 8.38. The summed E-state index contributed by atoms with van der Waals surface area (Å²) in [5.41, 5.74) is -1.81. The Bertz CT molecular complexity index is 787. The summed E-state index contributed by atoms with van der Waals surface area (Å²) < 4.78 is 7.05. The predicted octanol–water partition coefficient (Wildman–Crippen LogP) is -3.02. The van der Waals surface area contributed by atoms with Crippen LogP contribution in [0.2, 0.25) is 0 Å². The molecule has 0 bridgehead atoms. The van der Waals surface area contributed by atoms with Gasteiger partial charge in [-0.15, -0.1) is 0 Å². The molecule has 0 aromatic carbocycles. The van der Waals surface area contributed by atoms with Crippen molar-refractivity contribution in [3.8, 4) is 0 Å². The average Bonchev–Trinajstić information content (AvgIpc) is 2.92. The van der Waals surface area contributed by atoms with Crippen molar-refractivity contribution >= 4 is 0 Å². The van der Waals surface area contributed by atoms with Crippen LogP contribution in [0.1, 0.15) is 27.0 Å². The minimum Gasteiger partial charge on any atom is -0.394 e. The molecule has 1 aromatic rings. The van der Waals surface area contributed by atoms with Gasteiger partial charge in [0.25, 0.3) is 5.56 Å². The average molecular weight is 417 g/mol. The molecule has 0 radical (unpaired) electrons. The molecule has 29 heavy (non-hydrogen) atoms. The van der Waals surface area contributed by atoms with Crippen molar-refractivity contribution in [2.45, 2.75) is 64.1 Å². The zero-order chi connectivity index (χ0) is 21.9. The molecule has 1 aromatic heterocycles. The molecule has 2 heterocycles. The van der Waals surface area contributed by atoms with Crippen molar-refractivity contribution in [3.63, 3.8) is 0 Å². The maximum atomic E-state index is 12.7. The fourth-order valence-electron chi connectivity index (χ4n) is 2.97. The molecule has 0 amide bonds. The first-order valence-electron chi connectivity index (χ1n) is 9.48. The summed E-state index contributed by atoms with van der Waals surface area (Å²) in [5, 5.41) is 52.2. The molecule has 0 spiro atoms. The smallest absolute Gasteiger partial charge is 0.333 e. The molecule has 11 nitrogen and oxygen atoms in total. The van der Waals surface area contributed by atoms with E-state index in [4.69, 9.17) is 4.74 Å². The zero-order valence-electron chi connectivity index (χ0n) is 16.8. The highest BCUT2D eigenvalue weighted by molar-refractivity contribution is 4.94. The van der Waals surface area contributed by atoms with Crippen LogP contribution in [0.25, 0.3) is 0 Å². The molecule has 2 rings (SSSR count). The summed E-state index contributed by atoms with van der Waals surface area (Å²) in [4.78, 5) is 24.8. The molecule has 0 unspecified atom stereocenters. The van der Waals surface area contributed by atoms with Crippen LogP contribution < -0.4 is 16.6 Å². The topological polar surface area (TPSA) is 166 Å². The zero-order valence-corrected chi connectivity index (χ0v) is 16.8. The number of aromatic nitrogens is 2. The van der Waals surface area contributed by atoms with Crippen LogP contribution in [0.5, 0.6) is 0 Å². The van der Waals surface area contributed by atoms with Crippen molar-refractivity contribution < 1.29 is 30.3 Å². The third kappa shape index (κ3) is 5.51. The number of hydrogen-bond donors (Lipinski definition) is 6. The van der Waals surface area contributed by atoms with Crippen LogP contribution in [-0.2, 0) is 11.3 Å². The standard InChI is InChI=1S/C18H31N3O8/c1-18(2,3)12(24)7-19-6-10(23)8-21-13(25)4-5-20(17(21)28)16-15(27)14(26)11(9-22)29-16/h4-5,10-12,14-16,19,22-24,26-27H,6-9H2,1-3H3/t10-,11-,12+,14-,15-,16-/m1/s1. The van der Waals surface area contributed by atoms with Gasteiger partial charge in [0.15, 0.2) is 6.23 Å². The van der Waals surface area contributed by atoms with Gasteiger partial charge in [-0.2, -0.15) is 0 Å². The minimum absolute atomic E-state index is 0.0434. The first-order chi connectivity index (χ1) is 13.5. The van der Waals surface area contributed by atoms with Gasteiger partial charge in [0.1, 0.15) is 18.3 Å². The van der Waals surface area contributed by atoms with E-state index in [0.29, 0.717) is 0 Å². The van der Waals surface area contributed by atoms with Crippen LogP contribution in [0.15, 0.2) is 21.9 Å². The Morgan fingerprint density at radius 2 is 1.83 bits per heavy atom. The van der Waals surface area contributed by atoms with Gasteiger partial charge in [-0.05, 0) is 5.41 Å². The number of hydrogen-bond acceptors (Lipinski definition) is 9. The first-order valence-corrected chi connectivity index (χ1v) is 9.48. The van der Waals surface area contributed by atoms with E-state index >= 15 is 0 Å². The molecule has 11 heteroatoms. The van der Waals surface area contributed by atoms with E-state index < -0.39 is 54.6 Å². The highest BCUT2D eigenvalue weighted by Crippen LogP contribution is 2.27. The lowest BCUT2D eigenvalue weighted by Gasteiger charge is -2.26. The van der Waals surface area contributed by atoms with Gasteiger partial charge in [0, 0.05) is 25.4 Å². The molecule has 0 aliphatic carbocycles. The van der Waals surface area contributed by atoms with Crippen LogP contribution >= 0.6 is 0 Å². The highest BCUT2D eigenvalue weighted by Gasteiger charge is 2.43. The maximum Gasteiger partial charge on any atom is 0.333 e. The number of nitrogens with one attached hydrogen (secondary N) is 1. The van der Waals surface area contributed by atoms with Gasteiger partial charge < -0.3 is 35.6 Å². The van der Waals surface area contributed by atoms with Crippen molar-refractivity contribution in [2.75, 3.05) is 19.7 Å². The van der Waals surface area contributed by atoms with E-state index in [1.165, 1.54) is 0 Å². The summed E-state index contributed by atoms with van der Waals surface area (Å²) in [6.45, 7) is 5.04. The van der Waals surface area contributed by atoms with E-state index in [0.717, 1.165) is 21.4 Å². The third-order valence-corrected chi connectivity index (χ3v) is 5.00. The molecule has 0 saturated carbocycles. The number of aliphatic hydroxyl groups is 5. The summed E-state index contributed by atoms with van der Waals surface area (Å²) in [7, 11) is 0. The van der Waals surface area contributed by atoms with E-state index in [2.05, 4.69) is 5.32 Å². The lowest BCUT2D eigenvalue weighted by atomic mass is 9.89. The fourth-order valence-corrected chi connectivity index (χ4v) is 2.97. The van der Waals surface area contributed by atoms with E-state index in [1.54, 1.807) is 0 Å². The monoisotopic (exact) mass is 417 g/mol. The molecule has 1 aliphatic heterocycles. The molecule has 1 saturated heterocycles. The Balaban J connectivity index is 2.09. The molecule has 6 atom stereocenters. The van der Waals surface area contributed by atoms with Gasteiger partial charge in [0.05, 0.1) is 25.4 Å². The molecule has 6 N–H and O–H groups in total. The third-order valence-electron chi connectivity index (χ3n) is 5.00. The molecule has 1 fully saturated rings. The summed E-state index contributed by atoms with van der Waals surface area (Å²) in [6, 6.07) is 1.08. The van der Waals surface area contributed by atoms with Crippen molar-refractivity contribution in [1.82, 2.24) is 14.5 Å². The quantitative estimate of drug-likeness (QED) is 0.258. The number of aliphatic hydroxyl groups excluding tert-OH is 5. The Labute approximate surface area is 167 Å². The highest BCUT2D eigenvalue weighted by atomic mass is 16.6. The Hall–Kier alpha value is -1.60. The second kappa shape index (κ2) is 9.47. The number of nitrogens with zero attached hydrogens (tertiary/aromatic N) is 2. The Morgan fingerprint density at radius 3 is 2.38 bits per heavy atom. The second-order valence-corrected chi connectivity index (χ2v) is 8.38. The Kier molecular flexibility index (Phi) is 7.74. The molecule has 1 aliphatic rings. The number of rotatable bonds is 8. The number of ether oxygens (including phenoxy) is 1. The van der Waals surface area contributed by atoms with Crippen molar-refractivity contribution in [1.29, 1.82) is 0 Å². The van der Waals surface area contributed by atoms with Crippen LogP contribution in [0.4, 0.5) is 0 Å². The van der Waals surface area contributed by atoms with Gasteiger partial charge in [-0.1, -0.05) is 20.8 Å². The van der Waals surface area contributed by atoms with Crippen LogP contribution in [0.3, 0.4) is 0 Å². The lowest BCUT2D eigenvalue weighted by molar-refractivity contribution is -0.0558. The first kappa shape index (κ1) is 23.7. The molecule has 166 valence electrons. The van der Waals surface area contributed by atoms with Gasteiger partial charge >= 0.3 is 5.69 Å². The van der Waals surface area contributed by atoms with Crippen molar-refractivity contribution in [3.05, 3.63) is 33.1 Å². The minimum atomic E-state index is -1.47. The fraction of sp³-hybridized carbons (Fsp3) is 0.778. The summed E-state index contributed by atoms with van der Waals surface area (Å²) in [6.07, 6.45) is -5.80. The van der Waals surface area contributed by atoms with Gasteiger partial charge in [-0.3, -0.25) is 13.9 Å². The predicted molar refractivity (Wildman–Crippen MR) is 102 cm³/mol. The van der Waals surface area contributed by atoms with E-state index in [-0.39, 0.29) is 25.0 Å². The molecular weight excluding hydrogens is 386 g/mol. The Morgan fingerprint density at radius 1 is 1.17 bits per heavy atom.